The van der Waals surface area contributed by atoms with Crippen LogP contribution in [0.5, 0.6) is 0 Å². The zero-order chi connectivity index (χ0) is 30.5. The Balaban J connectivity index is 1.47. The minimum absolute atomic E-state index is 0.0152. The van der Waals surface area contributed by atoms with E-state index in [0.29, 0.717) is 17.1 Å². The van der Waals surface area contributed by atoms with Crippen molar-refractivity contribution in [2.45, 2.75) is 32.4 Å². The van der Waals surface area contributed by atoms with Crippen LogP contribution in [-0.2, 0) is 18.3 Å². The average Bonchev–Trinajstić information content (AvgIpc) is 3.76. The maximum absolute atomic E-state index is 13.4. The second-order valence-corrected chi connectivity index (χ2v) is 11.4. The van der Waals surface area contributed by atoms with Crippen LogP contribution >= 0.6 is 11.3 Å². The lowest BCUT2D eigenvalue weighted by molar-refractivity contribution is -0.122. The molecule has 2 atom stereocenters. The van der Waals surface area contributed by atoms with Gasteiger partial charge in [-0.15, -0.1) is 11.3 Å². The number of thiazole rings is 1. The second kappa shape index (κ2) is 13.0. The first-order chi connectivity index (χ1) is 20.7. The van der Waals surface area contributed by atoms with Gasteiger partial charge in [-0.05, 0) is 11.5 Å². The van der Waals surface area contributed by atoms with Gasteiger partial charge in [-0.2, -0.15) is 0 Å². The third-order valence-electron chi connectivity index (χ3n) is 6.97. The lowest BCUT2D eigenvalue weighted by Crippen LogP contribution is -2.46. The van der Waals surface area contributed by atoms with Gasteiger partial charge in [-0.3, -0.25) is 19.2 Å². The summed E-state index contributed by atoms with van der Waals surface area (Å²) in [5, 5.41) is 10.8. The number of aromatic nitrogens is 4. The highest BCUT2D eigenvalue weighted by molar-refractivity contribution is 7.09. The molecule has 4 aromatic rings. The lowest BCUT2D eigenvalue weighted by atomic mass is 10.0. The molecule has 3 N–H and O–H groups in total. The SMILES string of the molecule is CC(C)[C@@H]1NC(=O)CN(C(=O)c2cncn2C)CCNC(=O)c2coc(n2)[C@H](Cc2ccccc2)NC(=O)c2csc1n2. The van der Waals surface area contributed by atoms with Gasteiger partial charge in [-0.25, -0.2) is 15.0 Å². The molecule has 4 heterocycles. The van der Waals surface area contributed by atoms with Gasteiger partial charge in [0, 0.05) is 31.9 Å². The quantitative estimate of drug-likeness (QED) is 0.319. The molecular weight excluding hydrogens is 572 g/mol. The number of fused-ring (bicyclic) bond motifs is 4. The standard InChI is InChI=1S/C29H32N8O5S/c1-17(2)24-28-34-21(15-43-28)26(40)32-19(11-18-7-5-4-6-8-18)27-33-20(14-42-27)25(39)31-9-10-37(13-23(38)35-24)29(41)22-12-30-16-36(22)3/h4-8,12,14-17,19,24H,9-11,13H2,1-3H3,(H,31,39)(H,32,40)(H,35,38)/t19-,24-/m0/s1. The predicted octanol–water partition coefficient (Wildman–Crippen LogP) is 2.28. The van der Waals surface area contributed by atoms with E-state index in [-0.39, 0.29) is 42.8 Å². The number of aryl methyl sites for hydroxylation is 1. The summed E-state index contributed by atoms with van der Waals surface area (Å²) in [5.74, 6) is -1.70. The number of nitrogens with zero attached hydrogens (tertiary/aromatic N) is 5. The molecule has 0 spiro atoms. The second-order valence-electron chi connectivity index (χ2n) is 10.5. The Morgan fingerprint density at radius 2 is 1.88 bits per heavy atom. The monoisotopic (exact) mass is 604 g/mol. The Morgan fingerprint density at radius 3 is 2.60 bits per heavy atom. The minimum Gasteiger partial charge on any atom is -0.446 e. The molecule has 4 bridgehead atoms. The van der Waals surface area contributed by atoms with E-state index in [0.717, 1.165) is 5.56 Å². The van der Waals surface area contributed by atoms with Crippen LogP contribution in [0.25, 0.3) is 0 Å². The van der Waals surface area contributed by atoms with Crippen LogP contribution in [0.15, 0.2) is 58.9 Å². The summed E-state index contributed by atoms with van der Waals surface area (Å²) < 4.78 is 7.23. The van der Waals surface area contributed by atoms with Gasteiger partial charge >= 0.3 is 0 Å². The lowest BCUT2D eigenvalue weighted by Gasteiger charge is -2.25. The van der Waals surface area contributed by atoms with E-state index in [1.165, 1.54) is 35.0 Å². The van der Waals surface area contributed by atoms with Crippen molar-refractivity contribution < 1.29 is 23.6 Å². The van der Waals surface area contributed by atoms with Crippen LogP contribution in [0.1, 0.15) is 73.9 Å². The Labute approximate surface area is 251 Å². The maximum atomic E-state index is 13.4. The van der Waals surface area contributed by atoms with Crippen molar-refractivity contribution in [3.8, 4) is 0 Å². The molecule has 0 saturated carbocycles. The van der Waals surface area contributed by atoms with Crippen molar-refractivity contribution in [3.05, 3.63) is 88.0 Å². The topological polar surface area (TPSA) is 164 Å². The largest absolute Gasteiger partial charge is 0.446 e. The molecule has 0 fully saturated rings. The Morgan fingerprint density at radius 1 is 1.09 bits per heavy atom. The fourth-order valence-corrected chi connectivity index (χ4v) is 5.67. The number of nitrogens with one attached hydrogen (secondary N) is 3. The molecule has 13 nitrogen and oxygen atoms in total. The van der Waals surface area contributed by atoms with E-state index >= 15 is 0 Å². The summed E-state index contributed by atoms with van der Waals surface area (Å²) >= 11 is 1.26. The summed E-state index contributed by atoms with van der Waals surface area (Å²) in [6.45, 7) is 3.70. The van der Waals surface area contributed by atoms with E-state index in [1.807, 2.05) is 44.2 Å². The predicted molar refractivity (Wildman–Crippen MR) is 156 cm³/mol. The van der Waals surface area contributed by atoms with Crippen LogP contribution in [0.2, 0.25) is 0 Å². The normalized spacial score (nSPS) is 18.4. The van der Waals surface area contributed by atoms with E-state index in [9.17, 15) is 19.2 Å². The van der Waals surface area contributed by atoms with Crippen molar-refractivity contribution in [3.63, 3.8) is 0 Å². The van der Waals surface area contributed by atoms with Crippen molar-refractivity contribution in [2.24, 2.45) is 13.0 Å². The summed E-state index contributed by atoms with van der Waals surface area (Å²) in [6.07, 6.45) is 4.51. The number of carbonyl (C=O) groups is 4. The van der Waals surface area contributed by atoms with Gasteiger partial charge in [-0.1, -0.05) is 44.2 Å². The third-order valence-corrected chi connectivity index (χ3v) is 7.90. The number of oxazole rings is 1. The molecule has 43 heavy (non-hydrogen) atoms. The van der Waals surface area contributed by atoms with Crippen LogP contribution in [0, 0.1) is 5.92 Å². The first-order valence-electron chi connectivity index (χ1n) is 13.8. The Bertz CT molecular complexity index is 1610. The molecular formula is C29H32N8O5S. The first-order valence-corrected chi connectivity index (χ1v) is 14.7. The molecule has 14 heteroatoms. The fourth-order valence-electron chi connectivity index (χ4n) is 4.65. The molecule has 0 unspecified atom stereocenters. The number of carbonyl (C=O) groups excluding carboxylic acids is 4. The smallest absolute Gasteiger partial charge is 0.273 e. The molecule has 1 aliphatic heterocycles. The Kier molecular flexibility index (Phi) is 8.95. The molecule has 1 aliphatic rings. The number of imidazole rings is 1. The van der Waals surface area contributed by atoms with Gasteiger partial charge in [0.25, 0.3) is 17.7 Å². The highest BCUT2D eigenvalue weighted by Gasteiger charge is 2.29. The van der Waals surface area contributed by atoms with Crippen LogP contribution < -0.4 is 16.0 Å². The fraction of sp³-hybridized carbons (Fsp3) is 0.345. The van der Waals surface area contributed by atoms with E-state index in [4.69, 9.17) is 4.42 Å². The number of amides is 4. The molecule has 4 amide bonds. The van der Waals surface area contributed by atoms with Gasteiger partial charge in [0.1, 0.15) is 28.7 Å². The van der Waals surface area contributed by atoms with Crippen LogP contribution in [-0.4, -0.2) is 67.7 Å². The number of hydrogen-bond acceptors (Lipinski definition) is 9. The molecule has 3 aromatic heterocycles. The number of hydrogen-bond donors (Lipinski definition) is 3. The van der Waals surface area contributed by atoms with Crippen molar-refractivity contribution >= 4 is 35.0 Å². The summed E-state index contributed by atoms with van der Waals surface area (Å²) in [7, 11) is 1.68. The summed E-state index contributed by atoms with van der Waals surface area (Å²) in [5.41, 5.74) is 1.42. The zero-order valence-corrected chi connectivity index (χ0v) is 24.8. The summed E-state index contributed by atoms with van der Waals surface area (Å²) in [6, 6.07) is 8.33. The van der Waals surface area contributed by atoms with Crippen molar-refractivity contribution in [2.75, 3.05) is 19.6 Å². The molecule has 5 rings (SSSR count). The zero-order valence-electron chi connectivity index (χ0n) is 23.9. The molecule has 0 radical (unpaired) electrons. The van der Waals surface area contributed by atoms with Gasteiger partial charge in [0.05, 0.1) is 25.1 Å². The van der Waals surface area contributed by atoms with E-state index < -0.39 is 35.7 Å². The van der Waals surface area contributed by atoms with Crippen LogP contribution in [0.4, 0.5) is 0 Å². The third kappa shape index (κ3) is 6.97. The summed E-state index contributed by atoms with van der Waals surface area (Å²) in [4.78, 5) is 67.2. The van der Waals surface area contributed by atoms with E-state index in [1.54, 1.807) is 17.0 Å². The molecule has 224 valence electrons. The average molecular weight is 605 g/mol. The molecule has 1 aromatic carbocycles. The van der Waals surface area contributed by atoms with Crippen LogP contribution in [0.3, 0.4) is 0 Å². The minimum atomic E-state index is -0.687. The molecule has 0 aliphatic carbocycles. The molecule has 0 saturated heterocycles. The highest BCUT2D eigenvalue weighted by Crippen LogP contribution is 2.26. The van der Waals surface area contributed by atoms with E-state index in [2.05, 4.69) is 30.9 Å². The highest BCUT2D eigenvalue weighted by atomic mass is 32.1. The Hall–Kier alpha value is -4.85. The first kappa shape index (κ1) is 29.6. The van der Waals surface area contributed by atoms with Gasteiger partial charge in [0.2, 0.25) is 11.8 Å². The van der Waals surface area contributed by atoms with Gasteiger partial charge in [0.15, 0.2) is 5.69 Å². The number of benzene rings is 1. The number of rotatable bonds is 4. The van der Waals surface area contributed by atoms with Crippen molar-refractivity contribution in [1.29, 1.82) is 0 Å². The van der Waals surface area contributed by atoms with Gasteiger partial charge < -0.3 is 29.8 Å². The maximum Gasteiger partial charge on any atom is 0.273 e. The van der Waals surface area contributed by atoms with Crippen molar-refractivity contribution in [1.82, 2.24) is 40.4 Å².